The predicted molar refractivity (Wildman–Crippen MR) is 63.3 cm³/mol. The highest BCUT2D eigenvalue weighted by Gasteiger charge is 2.09. The van der Waals surface area contributed by atoms with E-state index in [9.17, 15) is 0 Å². The van der Waals surface area contributed by atoms with Crippen LogP contribution in [0.3, 0.4) is 0 Å². The van der Waals surface area contributed by atoms with Crippen LogP contribution in [0.2, 0.25) is 0 Å². The summed E-state index contributed by atoms with van der Waals surface area (Å²) in [7, 11) is 0. The third-order valence-electron chi connectivity index (χ3n) is 2.12. The van der Waals surface area contributed by atoms with Crippen molar-refractivity contribution in [1.29, 1.82) is 0 Å². The van der Waals surface area contributed by atoms with Crippen LogP contribution >= 0.6 is 12.2 Å². The van der Waals surface area contributed by atoms with Gasteiger partial charge in [0.05, 0.1) is 5.56 Å². The molecule has 2 aromatic heterocycles. The Balaban J connectivity index is 2.46. The average molecular weight is 235 g/mol. The molecule has 2 aromatic rings. The van der Waals surface area contributed by atoms with E-state index < -0.39 is 0 Å². The van der Waals surface area contributed by atoms with E-state index in [0.29, 0.717) is 10.7 Å². The Morgan fingerprint density at radius 1 is 1.38 bits per heavy atom. The summed E-state index contributed by atoms with van der Waals surface area (Å²) < 4.78 is 2.60. The van der Waals surface area contributed by atoms with Crippen LogP contribution in [0.4, 0.5) is 0 Å². The Labute approximate surface area is 98.6 Å². The second-order valence-corrected chi connectivity index (χ2v) is 4.37. The first kappa shape index (κ1) is 10.9. The van der Waals surface area contributed by atoms with Gasteiger partial charge >= 0.3 is 0 Å². The second-order valence-electron chi connectivity index (χ2n) is 3.98. The number of aromatic nitrogens is 5. The van der Waals surface area contributed by atoms with E-state index >= 15 is 0 Å². The van der Waals surface area contributed by atoms with Crippen molar-refractivity contribution in [3.05, 3.63) is 23.5 Å². The van der Waals surface area contributed by atoms with Gasteiger partial charge < -0.3 is 0 Å². The Morgan fingerprint density at radius 3 is 2.69 bits per heavy atom. The van der Waals surface area contributed by atoms with Gasteiger partial charge in [0, 0.05) is 18.9 Å². The van der Waals surface area contributed by atoms with Crippen molar-refractivity contribution in [3.63, 3.8) is 0 Å². The van der Waals surface area contributed by atoms with Gasteiger partial charge in [-0.2, -0.15) is 5.10 Å². The Morgan fingerprint density at radius 2 is 2.06 bits per heavy atom. The molecule has 0 aromatic carbocycles. The van der Waals surface area contributed by atoms with Crippen molar-refractivity contribution in [1.82, 2.24) is 24.7 Å². The minimum Gasteiger partial charge on any atom is -0.300 e. The van der Waals surface area contributed by atoms with Gasteiger partial charge in [-0.1, -0.05) is 13.8 Å². The Kier molecular flexibility index (Phi) is 3.09. The van der Waals surface area contributed by atoms with Crippen molar-refractivity contribution < 1.29 is 0 Å². The molecule has 0 amide bonds. The van der Waals surface area contributed by atoms with Gasteiger partial charge in [-0.3, -0.25) is 9.67 Å². The van der Waals surface area contributed by atoms with Gasteiger partial charge in [-0.05, 0) is 18.1 Å². The van der Waals surface area contributed by atoms with E-state index in [1.54, 1.807) is 12.4 Å². The molecule has 5 nitrogen and oxygen atoms in total. The van der Waals surface area contributed by atoms with Crippen molar-refractivity contribution in [3.8, 4) is 11.4 Å². The zero-order valence-electron chi connectivity index (χ0n) is 9.21. The molecule has 0 saturated heterocycles. The van der Waals surface area contributed by atoms with Gasteiger partial charge in [-0.25, -0.2) is 9.97 Å². The first-order valence-electron chi connectivity index (χ1n) is 5.09. The van der Waals surface area contributed by atoms with Gasteiger partial charge in [0.25, 0.3) is 0 Å². The van der Waals surface area contributed by atoms with Crippen molar-refractivity contribution in [2.24, 2.45) is 5.92 Å². The zero-order valence-corrected chi connectivity index (χ0v) is 10.0. The molecule has 0 atom stereocenters. The summed E-state index contributed by atoms with van der Waals surface area (Å²) >= 11 is 5.20. The summed E-state index contributed by atoms with van der Waals surface area (Å²) in [5.74, 6) is 1.30. The largest absolute Gasteiger partial charge is 0.300 e. The molecule has 0 spiro atoms. The van der Waals surface area contributed by atoms with Crippen LogP contribution in [-0.4, -0.2) is 24.7 Å². The van der Waals surface area contributed by atoms with Gasteiger partial charge in [0.1, 0.15) is 6.33 Å². The average Bonchev–Trinajstić information content (AvgIpc) is 2.61. The van der Waals surface area contributed by atoms with Crippen molar-refractivity contribution in [2.75, 3.05) is 0 Å². The number of nitrogens with zero attached hydrogens (tertiary/aromatic N) is 4. The van der Waals surface area contributed by atoms with Gasteiger partial charge in [0.2, 0.25) is 0 Å². The van der Waals surface area contributed by atoms with E-state index in [0.717, 1.165) is 17.9 Å². The predicted octanol–water partition coefficient (Wildman–Crippen LogP) is 2.05. The molecule has 84 valence electrons. The summed E-state index contributed by atoms with van der Waals surface area (Å²) in [6, 6.07) is 0. The molecule has 0 bridgehead atoms. The lowest BCUT2D eigenvalue weighted by Gasteiger charge is -2.08. The molecular formula is C10H13N5S. The number of aromatic amines is 1. The lowest BCUT2D eigenvalue weighted by molar-refractivity contribution is 0.521. The van der Waals surface area contributed by atoms with E-state index in [1.165, 1.54) is 6.33 Å². The number of hydrogen-bond acceptors (Lipinski definition) is 4. The first-order chi connectivity index (χ1) is 7.68. The van der Waals surface area contributed by atoms with Gasteiger partial charge in [-0.15, -0.1) is 0 Å². The SMILES string of the molecule is CC(C)Cn1c(-c2cncnc2)n[nH]c1=S. The fraction of sp³-hybridized carbons (Fsp3) is 0.400. The normalized spacial score (nSPS) is 10.9. The lowest BCUT2D eigenvalue weighted by Crippen LogP contribution is -2.06. The quantitative estimate of drug-likeness (QED) is 0.827. The molecule has 16 heavy (non-hydrogen) atoms. The molecule has 2 rings (SSSR count). The smallest absolute Gasteiger partial charge is 0.195 e. The molecule has 0 aliphatic heterocycles. The van der Waals surface area contributed by atoms with Crippen LogP contribution < -0.4 is 0 Å². The Bertz CT molecular complexity index is 514. The summed E-state index contributed by atoms with van der Waals surface area (Å²) in [6.45, 7) is 5.11. The minimum atomic E-state index is 0.507. The van der Waals surface area contributed by atoms with Crippen LogP contribution in [0.5, 0.6) is 0 Å². The molecule has 0 radical (unpaired) electrons. The third kappa shape index (κ3) is 2.16. The number of nitrogens with one attached hydrogen (secondary N) is 1. The van der Waals surface area contributed by atoms with Crippen LogP contribution in [-0.2, 0) is 6.54 Å². The fourth-order valence-corrected chi connectivity index (χ4v) is 1.69. The first-order valence-corrected chi connectivity index (χ1v) is 5.50. The molecular weight excluding hydrogens is 222 g/mol. The van der Waals surface area contributed by atoms with Gasteiger partial charge in [0.15, 0.2) is 10.6 Å². The van der Waals surface area contributed by atoms with E-state index in [4.69, 9.17) is 12.2 Å². The number of rotatable bonds is 3. The lowest BCUT2D eigenvalue weighted by atomic mass is 10.2. The third-order valence-corrected chi connectivity index (χ3v) is 2.44. The summed E-state index contributed by atoms with van der Waals surface area (Å²) in [6.07, 6.45) is 4.96. The van der Waals surface area contributed by atoms with Crippen LogP contribution in [0.15, 0.2) is 18.7 Å². The van der Waals surface area contributed by atoms with Crippen LogP contribution in [0.1, 0.15) is 13.8 Å². The number of H-pyrrole nitrogens is 1. The van der Waals surface area contributed by atoms with Crippen LogP contribution in [0, 0.1) is 10.7 Å². The molecule has 0 saturated carbocycles. The van der Waals surface area contributed by atoms with Crippen molar-refractivity contribution in [2.45, 2.75) is 20.4 Å². The summed E-state index contributed by atoms with van der Waals surface area (Å²) in [4.78, 5) is 7.96. The molecule has 0 unspecified atom stereocenters. The van der Waals surface area contributed by atoms with Crippen molar-refractivity contribution >= 4 is 12.2 Å². The maximum absolute atomic E-state index is 5.20. The number of hydrogen-bond donors (Lipinski definition) is 1. The molecule has 2 heterocycles. The topological polar surface area (TPSA) is 59.4 Å². The zero-order chi connectivity index (χ0) is 11.5. The molecule has 1 N–H and O–H groups in total. The molecule has 6 heteroatoms. The highest BCUT2D eigenvalue weighted by atomic mass is 32.1. The highest BCUT2D eigenvalue weighted by Crippen LogP contribution is 2.15. The highest BCUT2D eigenvalue weighted by molar-refractivity contribution is 7.71. The maximum Gasteiger partial charge on any atom is 0.195 e. The van der Waals surface area contributed by atoms with Crippen LogP contribution in [0.25, 0.3) is 11.4 Å². The Hall–Kier alpha value is -1.56. The molecule has 0 aliphatic rings. The van der Waals surface area contributed by atoms with E-state index in [2.05, 4.69) is 34.0 Å². The maximum atomic E-state index is 5.20. The standard InChI is InChI=1S/C10H13N5S/c1-7(2)5-15-9(13-14-10(15)16)8-3-11-6-12-4-8/h3-4,6-7H,5H2,1-2H3,(H,14,16). The van der Waals surface area contributed by atoms with E-state index in [1.807, 2.05) is 4.57 Å². The monoisotopic (exact) mass is 235 g/mol. The second kappa shape index (κ2) is 4.52. The summed E-state index contributed by atoms with van der Waals surface area (Å²) in [5, 5.41) is 7.01. The minimum absolute atomic E-state index is 0.507. The molecule has 0 fully saturated rings. The van der Waals surface area contributed by atoms with E-state index in [-0.39, 0.29) is 0 Å². The molecule has 0 aliphatic carbocycles. The summed E-state index contributed by atoms with van der Waals surface area (Å²) in [5.41, 5.74) is 0.871. The fourth-order valence-electron chi connectivity index (χ4n) is 1.49.